The molecule has 3 aliphatic rings. The van der Waals surface area contributed by atoms with Gasteiger partial charge >= 0.3 is 0 Å². The summed E-state index contributed by atoms with van der Waals surface area (Å²) in [7, 11) is 0. The van der Waals surface area contributed by atoms with E-state index in [9.17, 15) is 4.79 Å². The normalized spacial score (nSPS) is 34.5. The topological polar surface area (TPSA) is 55.6 Å². The fourth-order valence-electron chi connectivity index (χ4n) is 3.38. The van der Waals surface area contributed by atoms with Crippen molar-refractivity contribution in [3.63, 3.8) is 0 Å². The van der Waals surface area contributed by atoms with Gasteiger partial charge in [-0.1, -0.05) is 6.42 Å². The monoisotopic (exact) mass is 238 g/mol. The maximum Gasteiger partial charge on any atom is 0.223 e. The highest BCUT2D eigenvalue weighted by atomic mass is 16.5. The minimum atomic E-state index is 0.133. The fourth-order valence-corrected chi connectivity index (χ4v) is 3.38. The Hall–Kier alpha value is -0.610. The lowest BCUT2D eigenvalue weighted by Crippen LogP contribution is -2.49. The first kappa shape index (κ1) is 11.5. The zero-order valence-corrected chi connectivity index (χ0v) is 10.4. The molecule has 1 amide bonds. The maximum absolute atomic E-state index is 12.3. The number of nitrogens with two attached hydrogens (primary N) is 1. The number of carbonyl (C=O) groups excluding carboxylic acids is 1. The molecule has 1 aliphatic carbocycles. The van der Waals surface area contributed by atoms with Crippen LogP contribution in [0, 0.1) is 5.41 Å². The highest BCUT2D eigenvalue weighted by Crippen LogP contribution is 2.43. The number of rotatable bonds is 3. The number of fused-ring (bicyclic) bond motifs is 2. The molecule has 4 heteroatoms. The van der Waals surface area contributed by atoms with Gasteiger partial charge in [-0.05, 0) is 37.6 Å². The van der Waals surface area contributed by atoms with Crippen molar-refractivity contribution in [1.82, 2.24) is 4.90 Å². The van der Waals surface area contributed by atoms with E-state index in [0.29, 0.717) is 31.1 Å². The molecular formula is C13H22N2O2. The third-order valence-corrected chi connectivity index (χ3v) is 4.77. The number of amides is 1. The van der Waals surface area contributed by atoms with Crippen molar-refractivity contribution in [2.24, 2.45) is 11.1 Å². The SMILES string of the molecule is NCC1(CC(=O)N2CC3CCC(C2)O3)CCC1. The minimum absolute atomic E-state index is 0.133. The van der Waals surface area contributed by atoms with Crippen LogP contribution in [-0.2, 0) is 9.53 Å². The Balaban J connectivity index is 1.59. The van der Waals surface area contributed by atoms with Crippen molar-refractivity contribution in [3.8, 4) is 0 Å². The van der Waals surface area contributed by atoms with Crippen LogP contribution in [0.25, 0.3) is 0 Å². The second-order valence-corrected chi connectivity index (χ2v) is 5.99. The zero-order valence-electron chi connectivity index (χ0n) is 10.4. The summed E-state index contributed by atoms with van der Waals surface area (Å²) in [6.45, 7) is 2.27. The van der Waals surface area contributed by atoms with Crippen LogP contribution < -0.4 is 5.73 Å². The lowest BCUT2D eigenvalue weighted by Gasteiger charge is -2.42. The van der Waals surface area contributed by atoms with Gasteiger partial charge in [-0.25, -0.2) is 0 Å². The number of nitrogens with zero attached hydrogens (tertiary/aromatic N) is 1. The van der Waals surface area contributed by atoms with Gasteiger partial charge in [0.1, 0.15) is 0 Å². The smallest absolute Gasteiger partial charge is 0.223 e. The molecular weight excluding hydrogens is 216 g/mol. The predicted molar refractivity (Wildman–Crippen MR) is 64.4 cm³/mol. The number of likely N-dealkylation sites (tertiary alicyclic amines) is 1. The van der Waals surface area contributed by atoms with Gasteiger partial charge in [0, 0.05) is 19.5 Å². The first-order valence-electron chi connectivity index (χ1n) is 6.84. The van der Waals surface area contributed by atoms with Gasteiger partial charge in [0.05, 0.1) is 12.2 Å². The maximum atomic E-state index is 12.3. The highest BCUT2D eigenvalue weighted by Gasteiger charge is 2.41. The van der Waals surface area contributed by atoms with Crippen LogP contribution in [0.4, 0.5) is 0 Å². The van der Waals surface area contributed by atoms with Crippen LogP contribution in [0.15, 0.2) is 0 Å². The zero-order chi connectivity index (χ0) is 11.9. The summed E-state index contributed by atoms with van der Waals surface area (Å²) in [4.78, 5) is 14.3. The lowest BCUT2D eigenvalue weighted by molar-refractivity contribution is -0.143. The summed E-state index contributed by atoms with van der Waals surface area (Å²) in [5.74, 6) is 0.301. The van der Waals surface area contributed by atoms with Gasteiger partial charge in [0.2, 0.25) is 5.91 Å². The van der Waals surface area contributed by atoms with Crippen molar-refractivity contribution >= 4 is 5.91 Å². The van der Waals surface area contributed by atoms with Crippen molar-refractivity contribution in [3.05, 3.63) is 0 Å². The van der Waals surface area contributed by atoms with E-state index in [1.807, 2.05) is 4.90 Å². The minimum Gasteiger partial charge on any atom is -0.371 e. The molecule has 0 aromatic carbocycles. The summed E-state index contributed by atoms with van der Waals surface area (Å²) in [5.41, 5.74) is 5.95. The summed E-state index contributed by atoms with van der Waals surface area (Å²) in [6, 6.07) is 0. The van der Waals surface area contributed by atoms with Gasteiger partial charge in [-0.15, -0.1) is 0 Å². The number of hydrogen-bond donors (Lipinski definition) is 1. The molecule has 3 rings (SSSR count). The van der Waals surface area contributed by atoms with Gasteiger partial charge in [-0.3, -0.25) is 4.79 Å². The second-order valence-electron chi connectivity index (χ2n) is 5.99. The number of carbonyl (C=O) groups is 1. The Morgan fingerprint density at radius 3 is 2.41 bits per heavy atom. The summed E-state index contributed by atoms with van der Waals surface area (Å²) in [6.07, 6.45) is 6.99. The van der Waals surface area contributed by atoms with Crippen molar-refractivity contribution in [2.75, 3.05) is 19.6 Å². The van der Waals surface area contributed by atoms with E-state index in [-0.39, 0.29) is 5.41 Å². The molecule has 0 radical (unpaired) electrons. The molecule has 2 bridgehead atoms. The molecule has 0 aromatic heterocycles. The average molecular weight is 238 g/mol. The van der Waals surface area contributed by atoms with Crippen LogP contribution in [0.1, 0.15) is 38.5 Å². The van der Waals surface area contributed by atoms with Gasteiger partial charge < -0.3 is 15.4 Å². The summed E-state index contributed by atoms with van der Waals surface area (Å²) < 4.78 is 5.76. The van der Waals surface area contributed by atoms with Crippen LogP contribution in [0.3, 0.4) is 0 Å². The van der Waals surface area contributed by atoms with Crippen LogP contribution in [-0.4, -0.2) is 42.6 Å². The Bertz CT molecular complexity index is 297. The highest BCUT2D eigenvalue weighted by molar-refractivity contribution is 5.77. The van der Waals surface area contributed by atoms with Crippen LogP contribution in [0.5, 0.6) is 0 Å². The van der Waals surface area contributed by atoms with E-state index in [4.69, 9.17) is 10.5 Å². The van der Waals surface area contributed by atoms with Gasteiger partial charge in [0.25, 0.3) is 0 Å². The molecule has 2 unspecified atom stereocenters. The van der Waals surface area contributed by atoms with Crippen LogP contribution >= 0.6 is 0 Å². The summed E-state index contributed by atoms with van der Waals surface area (Å²) >= 11 is 0. The molecule has 1 saturated carbocycles. The fraction of sp³-hybridized carbons (Fsp3) is 0.923. The molecule has 3 fully saturated rings. The van der Waals surface area contributed by atoms with E-state index >= 15 is 0 Å². The Morgan fingerprint density at radius 2 is 1.94 bits per heavy atom. The second kappa shape index (κ2) is 4.25. The van der Waals surface area contributed by atoms with E-state index in [1.54, 1.807) is 0 Å². The predicted octanol–water partition coefficient (Wildman–Crippen LogP) is 0.895. The number of ether oxygens (including phenoxy) is 1. The largest absolute Gasteiger partial charge is 0.371 e. The van der Waals surface area contributed by atoms with Gasteiger partial charge in [0.15, 0.2) is 0 Å². The van der Waals surface area contributed by atoms with E-state index in [1.165, 1.54) is 6.42 Å². The molecule has 2 heterocycles. The van der Waals surface area contributed by atoms with E-state index in [2.05, 4.69) is 0 Å². The number of morpholine rings is 1. The van der Waals surface area contributed by atoms with Crippen molar-refractivity contribution < 1.29 is 9.53 Å². The quantitative estimate of drug-likeness (QED) is 0.794. The number of hydrogen-bond acceptors (Lipinski definition) is 3. The Labute approximate surface area is 102 Å². The molecule has 2 saturated heterocycles. The third-order valence-electron chi connectivity index (χ3n) is 4.77. The Morgan fingerprint density at radius 1 is 1.29 bits per heavy atom. The van der Waals surface area contributed by atoms with Gasteiger partial charge in [-0.2, -0.15) is 0 Å². The van der Waals surface area contributed by atoms with Crippen molar-refractivity contribution in [2.45, 2.75) is 50.7 Å². The average Bonchev–Trinajstić information content (AvgIpc) is 2.62. The van der Waals surface area contributed by atoms with E-state index < -0.39 is 0 Å². The van der Waals surface area contributed by atoms with Crippen LogP contribution in [0.2, 0.25) is 0 Å². The standard InChI is InChI=1S/C13H22N2O2/c14-9-13(4-1-5-13)6-12(16)15-7-10-2-3-11(8-15)17-10/h10-11H,1-9,14H2. The molecule has 0 aromatic rings. The Kier molecular flexibility index (Phi) is 2.87. The van der Waals surface area contributed by atoms with Crippen molar-refractivity contribution in [1.29, 1.82) is 0 Å². The molecule has 0 spiro atoms. The first-order valence-corrected chi connectivity index (χ1v) is 6.84. The molecule has 2 N–H and O–H groups in total. The molecule has 4 nitrogen and oxygen atoms in total. The summed E-state index contributed by atoms with van der Waals surface area (Å²) in [5, 5.41) is 0. The third kappa shape index (κ3) is 2.08. The molecule has 17 heavy (non-hydrogen) atoms. The lowest BCUT2D eigenvalue weighted by atomic mass is 9.66. The van der Waals surface area contributed by atoms with E-state index in [0.717, 1.165) is 38.8 Å². The first-order chi connectivity index (χ1) is 8.21. The molecule has 96 valence electrons. The molecule has 2 atom stereocenters. The molecule has 2 aliphatic heterocycles.